The van der Waals surface area contributed by atoms with E-state index in [9.17, 15) is 9.59 Å². The van der Waals surface area contributed by atoms with Gasteiger partial charge in [0.1, 0.15) is 4.83 Å². The largest absolute Gasteiger partial charge is 0.372 e. The standard InChI is InChI=1S/C30H31N5O3S2/c1-17(2)23-14-22-24(16-38-23)40-28-25(22)27(37)34(21-12-10-18(3)11-13-21)29-32-33-30(35(28)29)39-19(4)26(36)31-15-20-8-6-5-7-9-20/h5-13,17,19,23H,14-16H2,1-4H3,(H,31,36). The van der Waals surface area contributed by atoms with Crippen molar-refractivity contribution in [1.29, 1.82) is 0 Å². The number of carbonyl (C=O) groups excluding carboxylic acids is 1. The van der Waals surface area contributed by atoms with E-state index < -0.39 is 5.25 Å². The molecule has 0 aliphatic carbocycles. The zero-order valence-electron chi connectivity index (χ0n) is 22.9. The first kappa shape index (κ1) is 26.7. The van der Waals surface area contributed by atoms with Gasteiger partial charge in [0, 0.05) is 17.8 Å². The van der Waals surface area contributed by atoms with E-state index in [4.69, 9.17) is 4.74 Å². The second-order valence-corrected chi connectivity index (χ2v) is 12.9. The first-order chi connectivity index (χ1) is 19.3. The van der Waals surface area contributed by atoms with E-state index in [0.29, 0.717) is 41.8 Å². The lowest BCUT2D eigenvalue weighted by atomic mass is 9.96. The highest BCUT2D eigenvalue weighted by Gasteiger charge is 2.30. The third kappa shape index (κ3) is 4.84. The van der Waals surface area contributed by atoms with Gasteiger partial charge in [-0.1, -0.05) is 73.6 Å². The number of benzene rings is 2. The van der Waals surface area contributed by atoms with Crippen LogP contribution in [-0.2, 0) is 29.1 Å². The lowest BCUT2D eigenvalue weighted by Gasteiger charge is -2.26. The lowest BCUT2D eigenvalue weighted by Crippen LogP contribution is -2.30. The number of thiophene rings is 1. The third-order valence-corrected chi connectivity index (χ3v) is 9.57. The Hall–Kier alpha value is -3.47. The maximum atomic E-state index is 14.2. The van der Waals surface area contributed by atoms with Crippen LogP contribution in [0.25, 0.3) is 21.7 Å². The van der Waals surface area contributed by atoms with Crippen molar-refractivity contribution in [2.45, 2.75) is 63.8 Å². The molecule has 40 heavy (non-hydrogen) atoms. The van der Waals surface area contributed by atoms with E-state index >= 15 is 0 Å². The fourth-order valence-corrected chi connectivity index (χ4v) is 7.18. The number of rotatable bonds is 7. The highest BCUT2D eigenvalue weighted by atomic mass is 32.2. The maximum Gasteiger partial charge on any atom is 0.268 e. The Morgan fingerprint density at radius 2 is 1.88 bits per heavy atom. The minimum atomic E-state index is -0.422. The number of ether oxygens (including phenoxy) is 1. The molecule has 0 saturated heterocycles. The van der Waals surface area contributed by atoms with Crippen molar-refractivity contribution >= 4 is 45.0 Å². The van der Waals surface area contributed by atoms with Gasteiger partial charge in [-0.25, -0.2) is 8.97 Å². The van der Waals surface area contributed by atoms with Crippen LogP contribution in [0.3, 0.4) is 0 Å². The number of nitrogens with one attached hydrogen (secondary N) is 1. The zero-order valence-corrected chi connectivity index (χ0v) is 24.5. The molecule has 2 unspecified atom stereocenters. The van der Waals surface area contributed by atoms with E-state index in [1.54, 1.807) is 15.9 Å². The van der Waals surface area contributed by atoms with Gasteiger partial charge in [-0.15, -0.1) is 21.5 Å². The minimum absolute atomic E-state index is 0.0521. The van der Waals surface area contributed by atoms with E-state index in [2.05, 4.69) is 29.4 Å². The Kier molecular flexibility index (Phi) is 7.24. The van der Waals surface area contributed by atoms with Crippen LogP contribution >= 0.6 is 23.1 Å². The number of hydrogen-bond donors (Lipinski definition) is 1. The number of thioether (sulfide) groups is 1. The summed E-state index contributed by atoms with van der Waals surface area (Å²) in [7, 11) is 0. The van der Waals surface area contributed by atoms with Gasteiger partial charge in [-0.05, 0) is 43.0 Å². The van der Waals surface area contributed by atoms with Gasteiger partial charge in [0.05, 0.1) is 29.0 Å². The van der Waals surface area contributed by atoms with E-state index in [1.165, 1.54) is 11.8 Å². The SMILES string of the molecule is Cc1ccc(-n2c(=O)c3c4c(sc3n3c(SC(C)C(=O)NCc5ccccc5)nnc23)COC(C(C)C)C4)cc1. The zero-order chi connectivity index (χ0) is 28.0. The second-order valence-electron chi connectivity index (χ2n) is 10.5. The number of nitrogens with zero attached hydrogens (tertiary/aromatic N) is 4. The monoisotopic (exact) mass is 573 g/mol. The summed E-state index contributed by atoms with van der Waals surface area (Å²) in [5.74, 6) is 0.676. The molecule has 10 heteroatoms. The predicted molar refractivity (Wildman–Crippen MR) is 159 cm³/mol. The van der Waals surface area contributed by atoms with Crippen molar-refractivity contribution in [1.82, 2.24) is 24.5 Å². The molecule has 0 spiro atoms. The summed E-state index contributed by atoms with van der Waals surface area (Å²) in [6.45, 7) is 9.10. The average molecular weight is 574 g/mol. The molecule has 2 aromatic carbocycles. The number of fused-ring (bicyclic) bond motifs is 5. The summed E-state index contributed by atoms with van der Waals surface area (Å²) in [6, 6.07) is 17.7. The normalized spacial score (nSPS) is 16.0. The summed E-state index contributed by atoms with van der Waals surface area (Å²) in [5, 5.41) is 12.8. The molecular weight excluding hydrogens is 542 g/mol. The summed E-state index contributed by atoms with van der Waals surface area (Å²) < 4.78 is 9.73. The summed E-state index contributed by atoms with van der Waals surface area (Å²) >= 11 is 2.89. The van der Waals surface area contributed by atoms with Gasteiger partial charge < -0.3 is 10.1 Å². The predicted octanol–water partition coefficient (Wildman–Crippen LogP) is 5.30. The van der Waals surface area contributed by atoms with Crippen molar-refractivity contribution in [2.24, 2.45) is 5.92 Å². The van der Waals surface area contributed by atoms with Crippen LogP contribution in [0.2, 0.25) is 0 Å². The fraction of sp³-hybridized carbons (Fsp3) is 0.333. The average Bonchev–Trinajstić information content (AvgIpc) is 3.54. The van der Waals surface area contributed by atoms with Gasteiger partial charge >= 0.3 is 0 Å². The molecule has 1 amide bonds. The molecule has 2 atom stereocenters. The Bertz CT molecular complexity index is 1760. The maximum absolute atomic E-state index is 14.2. The number of aryl methyl sites for hydroxylation is 1. The van der Waals surface area contributed by atoms with Crippen LogP contribution in [0, 0.1) is 12.8 Å². The van der Waals surface area contributed by atoms with Crippen LogP contribution in [0.4, 0.5) is 0 Å². The van der Waals surface area contributed by atoms with Crippen molar-refractivity contribution in [3.05, 3.63) is 86.5 Å². The quantitative estimate of drug-likeness (QED) is 0.266. The van der Waals surface area contributed by atoms with Crippen LogP contribution in [0.5, 0.6) is 0 Å². The summed E-state index contributed by atoms with van der Waals surface area (Å²) in [6.07, 6.45) is 0.737. The van der Waals surface area contributed by atoms with E-state index in [0.717, 1.165) is 32.1 Å². The number of hydrogen-bond acceptors (Lipinski definition) is 7. The van der Waals surface area contributed by atoms with Crippen LogP contribution in [0.1, 0.15) is 42.3 Å². The second kappa shape index (κ2) is 10.8. The molecule has 0 saturated carbocycles. The first-order valence-electron chi connectivity index (χ1n) is 13.4. The Morgan fingerprint density at radius 3 is 2.60 bits per heavy atom. The van der Waals surface area contributed by atoms with Crippen LogP contribution in [0.15, 0.2) is 64.5 Å². The molecule has 8 nitrogen and oxygen atoms in total. The summed E-state index contributed by atoms with van der Waals surface area (Å²) in [4.78, 5) is 29.0. The molecule has 1 aliphatic rings. The van der Waals surface area contributed by atoms with Crippen molar-refractivity contribution < 1.29 is 9.53 Å². The van der Waals surface area contributed by atoms with Gasteiger partial charge in [0.15, 0.2) is 5.16 Å². The minimum Gasteiger partial charge on any atom is -0.372 e. The molecule has 1 aliphatic heterocycles. The first-order valence-corrected chi connectivity index (χ1v) is 15.1. The molecule has 6 rings (SSSR count). The fourth-order valence-electron chi connectivity index (χ4n) is 5.01. The molecule has 0 radical (unpaired) electrons. The lowest BCUT2D eigenvalue weighted by molar-refractivity contribution is -0.120. The number of aromatic nitrogens is 4. The van der Waals surface area contributed by atoms with Gasteiger partial charge in [-0.2, -0.15) is 0 Å². The number of amides is 1. The van der Waals surface area contributed by atoms with Gasteiger partial charge in [0.2, 0.25) is 11.7 Å². The Balaban J connectivity index is 1.45. The number of carbonyl (C=O) groups is 1. The van der Waals surface area contributed by atoms with Gasteiger partial charge in [0.25, 0.3) is 5.56 Å². The molecular formula is C30H31N5O3S2. The third-order valence-electron chi connectivity index (χ3n) is 7.34. The summed E-state index contributed by atoms with van der Waals surface area (Å²) in [5.41, 5.74) is 3.82. The smallest absolute Gasteiger partial charge is 0.268 e. The Morgan fingerprint density at radius 1 is 1.12 bits per heavy atom. The van der Waals surface area contributed by atoms with Crippen molar-refractivity contribution in [3.63, 3.8) is 0 Å². The highest BCUT2D eigenvalue weighted by Crippen LogP contribution is 2.38. The molecule has 1 N–H and O–H groups in total. The molecule has 3 aromatic heterocycles. The molecule has 0 bridgehead atoms. The topological polar surface area (TPSA) is 90.5 Å². The molecule has 5 aromatic rings. The molecule has 0 fully saturated rings. The van der Waals surface area contributed by atoms with Crippen molar-refractivity contribution in [2.75, 3.05) is 0 Å². The van der Waals surface area contributed by atoms with Gasteiger partial charge in [-0.3, -0.25) is 9.59 Å². The van der Waals surface area contributed by atoms with Crippen molar-refractivity contribution in [3.8, 4) is 5.69 Å². The van der Waals surface area contributed by atoms with Crippen LogP contribution in [-0.4, -0.2) is 36.4 Å². The van der Waals surface area contributed by atoms with Crippen LogP contribution < -0.4 is 10.9 Å². The highest BCUT2D eigenvalue weighted by molar-refractivity contribution is 8.00. The van der Waals surface area contributed by atoms with E-state index in [-0.39, 0.29) is 17.6 Å². The molecule has 4 heterocycles. The van der Waals surface area contributed by atoms with E-state index in [1.807, 2.05) is 72.8 Å². The molecule has 206 valence electrons. The Labute approximate surface area is 240 Å².